The van der Waals surface area contributed by atoms with Crippen molar-refractivity contribution in [3.63, 3.8) is 0 Å². The SMILES string of the molecule is Cc1cccc(NC(=O)c2ccc(S(=O)(=O)N3CCOC(C)C3)cc2)c1. The Hall–Kier alpha value is -2.22. The first-order valence-electron chi connectivity index (χ1n) is 8.46. The first-order valence-corrected chi connectivity index (χ1v) is 9.90. The molecule has 1 heterocycles. The Kier molecular flexibility index (Phi) is 5.41. The Balaban J connectivity index is 1.74. The van der Waals surface area contributed by atoms with Crippen molar-refractivity contribution in [3.05, 3.63) is 59.7 Å². The van der Waals surface area contributed by atoms with Crippen LogP contribution in [-0.4, -0.2) is 44.4 Å². The molecule has 138 valence electrons. The summed E-state index contributed by atoms with van der Waals surface area (Å²) in [6.45, 7) is 4.85. The Morgan fingerprint density at radius 3 is 2.58 bits per heavy atom. The summed E-state index contributed by atoms with van der Waals surface area (Å²) in [5.74, 6) is -0.278. The van der Waals surface area contributed by atoms with E-state index in [0.717, 1.165) is 5.56 Å². The Bertz CT molecular complexity index is 894. The molecule has 0 radical (unpaired) electrons. The quantitative estimate of drug-likeness (QED) is 0.893. The number of morpholine rings is 1. The van der Waals surface area contributed by atoms with Gasteiger partial charge in [-0.25, -0.2) is 8.42 Å². The first kappa shape index (κ1) is 18.6. The van der Waals surface area contributed by atoms with Gasteiger partial charge in [-0.15, -0.1) is 0 Å². The zero-order valence-electron chi connectivity index (χ0n) is 14.8. The van der Waals surface area contributed by atoms with Gasteiger partial charge < -0.3 is 10.1 Å². The zero-order valence-corrected chi connectivity index (χ0v) is 15.6. The average Bonchev–Trinajstić information content (AvgIpc) is 2.62. The molecule has 3 rings (SSSR count). The molecule has 1 fully saturated rings. The number of ether oxygens (including phenoxy) is 1. The molecule has 1 N–H and O–H groups in total. The predicted octanol–water partition coefficient (Wildman–Crippen LogP) is 2.66. The van der Waals surface area contributed by atoms with Crippen LogP contribution in [0.5, 0.6) is 0 Å². The van der Waals surface area contributed by atoms with E-state index in [-0.39, 0.29) is 16.9 Å². The molecule has 26 heavy (non-hydrogen) atoms. The van der Waals surface area contributed by atoms with Gasteiger partial charge in [-0.2, -0.15) is 4.31 Å². The zero-order chi connectivity index (χ0) is 18.7. The summed E-state index contributed by atoms with van der Waals surface area (Å²) < 4.78 is 32.2. The maximum atomic E-state index is 12.7. The maximum Gasteiger partial charge on any atom is 0.255 e. The molecule has 1 saturated heterocycles. The van der Waals surface area contributed by atoms with Crippen molar-refractivity contribution in [3.8, 4) is 0 Å². The van der Waals surface area contributed by atoms with E-state index in [1.54, 1.807) is 0 Å². The third kappa shape index (κ3) is 4.12. The van der Waals surface area contributed by atoms with Crippen LogP contribution in [0.3, 0.4) is 0 Å². The van der Waals surface area contributed by atoms with Gasteiger partial charge in [-0.3, -0.25) is 4.79 Å². The number of nitrogens with zero attached hydrogens (tertiary/aromatic N) is 1. The van der Waals surface area contributed by atoms with Gasteiger partial charge in [0, 0.05) is 24.3 Å². The number of sulfonamides is 1. The lowest BCUT2D eigenvalue weighted by atomic mass is 10.2. The minimum atomic E-state index is -3.58. The van der Waals surface area contributed by atoms with E-state index in [9.17, 15) is 13.2 Å². The van der Waals surface area contributed by atoms with Crippen LogP contribution < -0.4 is 5.32 Å². The van der Waals surface area contributed by atoms with Crippen LogP contribution in [0.15, 0.2) is 53.4 Å². The lowest BCUT2D eigenvalue weighted by Gasteiger charge is -2.30. The van der Waals surface area contributed by atoms with Crippen molar-refractivity contribution < 1.29 is 17.9 Å². The van der Waals surface area contributed by atoms with E-state index >= 15 is 0 Å². The molecule has 0 saturated carbocycles. The highest BCUT2D eigenvalue weighted by Crippen LogP contribution is 2.20. The number of anilines is 1. The lowest BCUT2D eigenvalue weighted by Crippen LogP contribution is -2.44. The lowest BCUT2D eigenvalue weighted by molar-refractivity contribution is 0.0102. The van der Waals surface area contributed by atoms with Crippen molar-refractivity contribution in [2.24, 2.45) is 0 Å². The number of carbonyl (C=O) groups excluding carboxylic acids is 1. The highest BCUT2D eigenvalue weighted by molar-refractivity contribution is 7.89. The molecule has 1 aliphatic heterocycles. The fraction of sp³-hybridized carbons (Fsp3) is 0.316. The van der Waals surface area contributed by atoms with Crippen LogP contribution >= 0.6 is 0 Å². The van der Waals surface area contributed by atoms with Gasteiger partial charge in [-0.05, 0) is 55.8 Å². The number of carbonyl (C=O) groups is 1. The molecule has 1 unspecified atom stereocenters. The third-order valence-electron chi connectivity index (χ3n) is 4.23. The van der Waals surface area contributed by atoms with Gasteiger partial charge in [0.05, 0.1) is 17.6 Å². The van der Waals surface area contributed by atoms with Crippen LogP contribution in [0.4, 0.5) is 5.69 Å². The number of amides is 1. The first-order chi connectivity index (χ1) is 12.4. The molecule has 0 aliphatic carbocycles. The number of nitrogens with one attached hydrogen (secondary N) is 1. The summed E-state index contributed by atoms with van der Waals surface area (Å²) in [6, 6.07) is 13.5. The number of hydrogen-bond acceptors (Lipinski definition) is 4. The molecular formula is C19H22N2O4S. The number of aryl methyl sites for hydroxylation is 1. The second kappa shape index (κ2) is 7.57. The normalized spacial score (nSPS) is 18.5. The predicted molar refractivity (Wildman–Crippen MR) is 99.7 cm³/mol. The van der Waals surface area contributed by atoms with Gasteiger partial charge in [-0.1, -0.05) is 12.1 Å². The van der Waals surface area contributed by atoms with Gasteiger partial charge in [0.15, 0.2) is 0 Å². The summed E-state index contributed by atoms with van der Waals surface area (Å²) in [7, 11) is -3.58. The Morgan fingerprint density at radius 1 is 1.19 bits per heavy atom. The molecule has 1 amide bonds. The van der Waals surface area contributed by atoms with Crippen molar-refractivity contribution in [1.82, 2.24) is 4.31 Å². The summed E-state index contributed by atoms with van der Waals surface area (Å²) in [6.07, 6.45) is -0.127. The van der Waals surface area contributed by atoms with Crippen LogP contribution in [0.25, 0.3) is 0 Å². The standard InChI is InChI=1S/C19H22N2O4S/c1-14-4-3-5-17(12-14)20-19(22)16-6-8-18(9-7-16)26(23,24)21-10-11-25-15(2)13-21/h3-9,12,15H,10-11,13H2,1-2H3,(H,20,22). The molecular weight excluding hydrogens is 352 g/mol. The summed E-state index contributed by atoms with van der Waals surface area (Å²) >= 11 is 0. The summed E-state index contributed by atoms with van der Waals surface area (Å²) in [4.78, 5) is 12.5. The second-order valence-electron chi connectivity index (χ2n) is 6.39. The smallest absolute Gasteiger partial charge is 0.255 e. The van der Waals surface area contributed by atoms with E-state index < -0.39 is 10.0 Å². The summed E-state index contributed by atoms with van der Waals surface area (Å²) in [5, 5.41) is 2.81. The van der Waals surface area contributed by atoms with E-state index in [0.29, 0.717) is 30.9 Å². The van der Waals surface area contributed by atoms with Crippen molar-refractivity contribution in [2.75, 3.05) is 25.0 Å². The molecule has 6 nitrogen and oxygen atoms in total. The van der Waals surface area contributed by atoms with Crippen molar-refractivity contribution in [2.45, 2.75) is 24.8 Å². The Labute approximate surface area is 153 Å². The highest BCUT2D eigenvalue weighted by Gasteiger charge is 2.29. The topological polar surface area (TPSA) is 75.7 Å². The molecule has 2 aromatic rings. The van der Waals surface area contributed by atoms with E-state index in [1.165, 1.54) is 28.6 Å². The average molecular weight is 374 g/mol. The molecule has 1 aliphatic rings. The second-order valence-corrected chi connectivity index (χ2v) is 8.33. The van der Waals surface area contributed by atoms with Gasteiger partial charge in [0.2, 0.25) is 10.0 Å². The van der Waals surface area contributed by atoms with Crippen molar-refractivity contribution in [1.29, 1.82) is 0 Å². The van der Waals surface area contributed by atoms with Crippen LogP contribution in [0, 0.1) is 6.92 Å². The highest BCUT2D eigenvalue weighted by atomic mass is 32.2. The van der Waals surface area contributed by atoms with Gasteiger partial charge in [0.1, 0.15) is 0 Å². The third-order valence-corrected chi connectivity index (χ3v) is 6.11. The van der Waals surface area contributed by atoms with Crippen LogP contribution in [-0.2, 0) is 14.8 Å². The minimum absolute atomic E-state index is 0.127. The summed E-state index contributed by atoms with van der Waals surface area (Å²) in [5.41, 5.74) is 2.15. The monoisotopic (exact) mass is 374 g/mol. The van der Waals surface area contributed by atoms with Gasteiger partial charge >= 0.3 is 0 Å². The fourth-order valence-electron chi connectivity index (χ4n) is 2.86. The molecule has 0 spiro atoms. The Morgan fingerprint density at radius 2 is 1.92 bits per heavy atom. The fourth-order valence-corrected chi connectivity index (χ4v) is 4.36. The van der Waals surface area contributed by atoms with E-state index in [4.69, 9.17) is 4.74 Å². The van der Waals surface area contributed by atoms with E-state index in [1.807, 2.05) is 38.1 Å². The number of rotatable bonds is 4. The minimum Gasteiger partial charge on any atom is -0.376 e. The maximum absolute atomic E-state index is 12.7. The van der Waals surface area contributed by atoms with Crippen molar-refractivity contribution >= 4 is 21.6 Å². The molecule has 1 atom stereocenters. The largest absolute Gasteiger partial charge is 0.376 e. The number of hydrogen-bond donors (Lipinski definition) is 1. The van der Waals surface area contributed by atoms with Gasteiger partial charge in [0.25, 0.3) is 5.91 Å². The van der Waals surface area contributed by atoms with Crippen LogP contribution in [0.1, 0.15) is 22.8 Å². The molecule has 7 heteroatoms. The molecule has 2 aromatic carbocycles. The van der Waals surface area contributed by atoms with Crippen LogP contribution in [0.2, 0.25) is 0 Å². The molecule has 0 bridgehead atoms. The molecule has 0 aromatic heterocycles. The number of benzene rings is 2. The van der Waals surface area contributed by atoms with E-state index in [2.05, 4.69) is 5.32 Å².